The van der Waals surface area contributed by atoms with Gasteiger partial charge in [0.15, 0.2) is 0 Å². The lowest BCUT2D eigenvalue weighted by Crippen LogP contribution is -2.37. The van der Waals surface area contributed by atoms with Crippen LogP contribution in [0.3, 0.4) is 0 Å². The Morgan fingerprint density at radius 1 is 1.25 bits per heavy atom. The normalized spacial score (nSPS) is 11.6. The molecule has 0 spiro atoms. The zero-order valence-corrected chi connectivity index (χ0v) is 11.1. The molecule has 0 aliphatic heterocycles. The van der Waals surface area contributed by atoms with E-state index in [-0.39, 0.29) is 5.54 Å². The zero-order chi connectivity index (χ0) is 12.2. The van der Waals surface area contributed by atoms with Gasteiger partial charge in [0.05, 0.1) is 6.61 Å². The summed E-state index contributed by atoms with van der Waals surface area (Å²) in [5.74, 6) is 0.998. The Morgan fingerprint density at radius 2 is 1.94 bits per heavy atom. The van der Waals surface area contributed by atoms with Crippen LogP contribution in [0.2, 0.25) is 0 Å². The van der Waals surface area contributed by atoms with Crippen molar-refractivity contribution in [2.45, 2.75) is 39.7 Å². The molecule has 0 aliphatic carbocycles. The first-order chi connectivity index (χ1) is 7.44. The molecule has 16 heavy (non-hydrogen) atoms. The summed E-state index contributed by atoms with van der Waals surface area (Å²) in [6.45, 7) is 9.29. The molecule has 2 heteroatoms. The predicted octanol–water partition coefficient (Wildman–Crippen LogP) is 3.07. The highest BCUT2D eigenvalue weighted by Gasteiger charge is 2.14. The second kappa shape index (κ2) is 5.35. The summed E-state index contributed by atoms with van der Waals surface area (Å²) in [4.78, 5) is 0. The highest BCUT2D eigenvalue weighted by atomic mass is 16.5. The van der Waals surface area contributed by atoms with Gasteiger partial charge in [-0.15, -0.1) is 0 Å². The van der Waals surface area contributed by atoms with E-state index in [2.05, 4.69) is 51.2 Å². The Bertz CT molecular complexity index is 345. The molecule has 0 atom stereocenters. The molecule has 0 radical (unpaired) electrons. The van der Waals surface area contributed by atoms with Crippen LogP contribution in [0.1, 0.15) is 31.4 Å². The summed E-state index contributed by atoms with van der Waals surface area (Å²) in [5.41, 5.74) is 2.63. The lowest BCUT2D eigenvalue weighted by Gasteiger charge is -2.24. The summed E-state index contributed by atoms with van der Waals surface area (Å²) in [5, 5.41) is 3.27. The third-order valence-electron chi connectivity index (χ3n) is 2.99. The predicted molar refractivity (Wildman–Crippen MR) is 69.2 cm³/mol. The summed E-state index contributed by atoms with van der Waals surface area (Å²) in [6, 6.07) is 6.29. The Hall–Kier alpha value is -1.02. The van der Waals surface area contributed by atoms with Gasteiger partial charge in [0.25, 0.3) is 0 Å². The molecule has 90 valence electrons. The molecular weight excluding hydrogens is 198 g/mol. The van der Waals surface area contributed by atoms with Crippen LogP contribution in [0.4, 0.5) is 0 Å². The average Bonchev–Trinajstić information content (AvgIpc) is 2.21. The van der Waals surface area contributed by atoms with Crippen molar-refractivity contribution < 1.29 is 4.74 Å². The number of hydrogen-bond acceptors (Lipinski definition) is 2. The van der Waals surface area contributed by atoms with E-state index in [0.717, 1.165) is 18.8 Å². The van der Waals surface area contributed by atoms with Crippen LogP contribution in [0.5, 0.6) is 5.75 Å². The van der Waals surface area contributed by atoms with Crippen LogP contribution in [0.25, 0.3) is 0 Å². The number of rotatable bonds is 5. The van der Waals surface area contributed by atoms with Crippen molar-refractivity contribution in [2.24, 2.45) is 0 Å². The van der Waals surface area contributed by atoms with Crippen molar-refractivity contribution in [1.29, 1.82) is 0 Å². The molecule has 0 aromatic heterocycles. The number of nitrogens with one attached hydrogen (secondary N) is 1. The smallest absolute Gasteiger partial charge is 0.122 e. The van der Waals surface area contributed by atoms with Gasteiger partial charge in [0.2, 0.25) is 0 Å². The lowest BCUT2D eigenvalue weighted by atomic mass is 10.0. The summed E-state index contributed by atoms with van der Waals surface area (Å²) in [7, 11) is 1.98. The SMILES string of the molecule is CNC(C)(C)CCOc1ccc(C)cc1C. The molecule has 0 heterocycles. The molecule has 0 aliphatic rings. The summed E-state index contributed by atoms with van der Waals surface area (Å²) >= 11 is 0. The Morgan fingerprint density at radius 3 is 2.50 bits per heavy atom. The van der Waals surface area contributed by atoms with E-state index in [1.807, 2.05) is 7.05 Å². The molecule has 0 amide bonds. The fourth-order valence-electron chi connectivity index (χ4n) is 1.50. The molecule has 1 aromatic carbocycles. The molecule has 1 rings (SSSR count). The number of benzene rings is 1. The largest absolute Gasteiger partial charge is 0.493 e. The van der Waals surface area contributed by atoms with Crippen LogP contribution in [-0.2, 0) is 0 Å². The third kappa shape index (κ3) is 3.86. The molecule has 0 fully saturated rings. The minimum absolute atomic E-state index is 0.138. The van der Waals surface area contributed by atoms with Crippen LogP contribution in [0.15, 0.2) is 18.2 Å². The van der Waals surface area contributed by atoms with E-state index in [0.29, 0.717) is 0 Å². The second-order valence-electron chi connectivity index (χ2n) is 5.00. The van der Waals surface area contributed by atoms with Gasteiger partial charge in [-0.1, -0.05) is 17.7 Å². The quantitative estimate of drug-likeness (QED) is 0.825. The fraction of sp³-hybridized carbons (Fsp3) is 0.571. The van der Waals surface area contributed by atoms with Crippen LogP contribution >= 0.6 is 0 Å². The highest BCUT2D eigenvalue weighted by Crippen LogP contribution is 2.19. The van der Waals surface area contributed by atoms with Gasteiger partial charge in [0.1, 0.15) is 5.75 Å². The maximum Gasteiger partial charge on any atom is 0.122 e. The van der Waals surface area contributed by atoms with Crippen molar-refractivity contribution in [3.05, 3.63) is 29.3 Å². The maximum atomic E-state index is 5.79. The van der Waals surface area contributed by atoms with Gasteiger partial charge < -0.3 is 10.1 Å². The first kappa shape index (κ1) is 13.0. The van der Waals surface area contributed by atoms with E-state index >= 15 is 0 Å². The second-order valence-corrected chi connectivity index (χ2v) is 5.00. The van der Waals surface area contributed by atoms with Gasteiger partial charge in [-0.2, -0.15) is 0 Å². The lowest BCUT2D eigenvalue weighted by molar-refractivity contribution is 0.254. The average molecular weight is 221 g/mol. The first-order valence-corrected chi connectivity index (χ1v) is 5.83. The van der Waals surface area contributed by atoms with E-state index in [1.54, 1.807) is 0 Å². The van der Waals surface area contributed by atoms with Gasteiger partial charge in [-0.3, -0.25) is 0 Å². The standard InChI is InChI=1S/C14H23NO/c1-11-6-7-13(12(2)10-11)16-9-8-14(3,4)15-5/h6-7,10,15H,8-9H2,1-5H3. The number of aryl methyl sites for hydroxylation is 2. The molecular formula is C14H23NO. The molecule has 0 unspecified atom stereocenters. The van der Waals surface area contributed by atoms with E-state index in [4.69, 9.17) is 4.74 Å². The Balaban J connectivity index is 2.49. The van der Waals surface area contributed by atoms with Crippen LogP contribution < -0.4 is 10.1 Å². The summed E-state index contributed by atoms with van der Waals surface area (Å²) < 4.78 is 5.79. The van der Waals surface area contributed by atoms with Crippen molar-refractivity contribution >= 4 is 0 Å². The van der Waals surface area contributed by atoms with E-state index in [9.17, 15) is 0 Å². The summed E-state index contributed by atoms with van der Waals surface area (Å²) in [6.07, 6.45) is 0.997. The Labute approximate surface area is 99.0 Å². The number of ether oxygens (including phenoxy) is 1. The molecule has 1 N–H and O–H groups in total. The van der Waals surface area contributed by atoms with Crippen molar-refractivity contribution in [3.8, 4) is 5.75 Å². The van der Waals surface area contributed by atoms with E-state index in [1.165, 1.54) is 11.1 Å². The molecule has 2 nitrogen and oxygen atoms in total. The first-order valence-electron chi connectivity index (χ1n) is 5.83. The van der Waals surface area contributed by atoms with Gasteiger partial charge in [0, 0.05) is 5.54 Å². The van der Waals surface area contributed by atoms with Crippen molar-refractivity contribution in [2.75, 3.05) is 13.7 Å². The number of hydrogen-bond donors (Lipinski definition) is 1. The monoisotopic (exact) mass is 221 g/mol. The minimum Gasteiger partial charge on any atom is -0.493 e. The Kier molecular flexibility index (Phi) is 4.36. The topological polar surface area (TPSA) is 21.3 Å². The fourth-order valence-corrected chi connectivity index (χ4v) is 1.50. The van der Waals surface area contributed by atoms with Gasteiger partial charge in [-0.05, 0) is 52.8 Å². The van der Waals surface area contributed by atoms with Crippen molar-refractivity contribution in [3.63, 3.8) is 0 Å². The molecule has 1 aromatic rings. The molecule has 0 saturated heterocycles. The third-order valence-corrected chi connectivity index (χ3v) is 2.99. The maximum absolute atomic E-state index is 5.79. The van der Waals surface area contributed by atoms with Gasteiger partial charge in [-0.25, -0.2) is 0 Å². The van der Waals surface area contributed by atoms with E-state index < -0.39 is 0 Å². The van der Waals surface area contributed by atoms with Crippen molar-refractivity contribution in [1.82, 2.24) is 5.32 Å². The van der Waals surface area contributed by atoms with Crippen LogP contribution in [0, 0.1) is 13.8 Å². The zero-order valence-electron chi connectivity index (χ0n) is 11.1. The highest BCUT2D eigenvalue weighted by molar-refractivity contribution is 5.35. The molecule has 0 bridgehead atoms. The van der Waals surface area contributed by atoms with Crippen LogP contribution in [-0.4, -0.2) is 19.2 Å². The van der Waals surface area contributed by atoms with Gasteiger partial charge >= 0.3 is 0 Å². The minimum atomic E-state index is 0.138. The molecule has 0 saturated carbocycles.